The van der Waals surface area contributed by atoms with Crippen LogP contribution in [0.5, 0.6) is 11.5 Å². The number of carbonyl (C=O) groups is 1. The Kier molecular flexibility index (Phi) is 9.21. The van der Waals surface area contributed by atoms with Crippen LogP contribution in [0, 0.1) is 0 Å². The number of ether oxygens (including phenoxy) is 2. The van der Waals surface area contributed by atoms with Crippen LogP contribution in [0.2, 0.25) is 0 Å². The van der Waals surface area contributed by atoms with E-state index in [1.54, 1.807) is 21.3 Å². The van der Waals surface area contributed by atoms with Gasteiger partial charge in [-0.15, -0.1) is 0 Å². The second kappa shape index (κ2) is 11.2. The normalized spacial score (nSPS) is 12.3. The predicted molar refractivity (Wildman–Crippen MR) is 100 cm³/mol. The predicted octanol–water partition coefficient (Wildman–Crippen LogP) is 1.67. The average molecular weight is 350 g/mol. The third-order valence-corrected chi connectivity index (χ3v) is 3.80. The van der Waals surface area contributed by atoms with Crippen molar-refractivity contribution in [3.8, 4) is 11.5 Å². The summed E-state index contributed by atoms with van der Waals surface area (Å²) in [6, 6.07) is 5.94. The topological polar surface area (TPSA) is 84.0 Å². The number of hydrogen-bond acceptors (Lipinski definition) is 4. The number of nitrogens with one attached hydrogen (secondary N) is 3. The van der Waals surface area contributed by atoms with Crippen molar-refractivity contribution in [3.05, 3.63) is 23.8 Å². The van der Waals surface area contributed by atoms with Crippen LogP contribution < -0.4 is 25.4 Å². The van der Waals surface area contributed by atoms with Crippen LogP contribution in [0.4, 0.5) is 0 Å². The van der Waals surface area contributed by atoms with E-state index in [1.807, 2.05) is 32.0 Å². The molecule has 1 unspecified atom stereocenters. The summed E-state index contributed by atoms with van der Waals surface area (Å²) < 4.78 is 10.5. The molecule has 0 aromatic heterocycles. The minimum Gasteiger partial charge on any atom is -0.493 e. The maximum absolute atomic E-state index is 11.8. The fourth-order valence-electron chi connectivity index (χ4n) is 2.14. The van der Waals surface area contributed by atoms with Crippen molar-refractivity contribution in [2.24, 2.45) is 4.99 Å². The van der Waals surface area contributed by atoms with Crippen molar-refractivity contribution in [2.45, 2.75) is 39.3 Å². The van der Waals surface area contributed by atoms with Crippen LogP contribution in [-0.4, -0.2) is 45.7 Å². The highest BCUT2D eigenvalue weighted by Gasteiger charge is 2.07. The second-order valence-corrected chi connectivity index (χ2v) is 5.67. The van der Waals surface area contributed by atoms with E-state index in [1.165, 1.54) is 0 Å². The Labute approximate surface area is 150 Å². The van der Waals surface area contributed by atoms with Crippen molar-refractivity contribution in [2.75, 3.05) is 27.8 Å². The number of methoxy groups -OCH3 is 2. The van der Waals surface area contributed by atoms with Crippen LogP contribution in [-0.2, 0) is 11.3 Å². The van der Waals surface area contributed by atoms with Crippen molar-refractivity contribution < 1.29 is 14.3 Å². The first-order valence-corrected chi connectivity index (χ1v) is 8.48. The molecule has 1 rings (SSSR count). The molecule has 0 spiro atoms. The number of rotatable bonds is 9. The lowest BCUT2D eigenvalue weighted by atomic mass is 10.2. The van der Waals surface area contributed by atoms with Gasteiger partial charge in [0.2, 0.25) is 5.91 Å². The Morgan fingerprint density at radius 3 is 2.52 bits per heavy atom. The maximum atomic E-state index is 11.8. The van der Waals surface area contributed by atoms with Gasteiger partial charge in [-0.05, 0) is 31.0 Å². The molecule has 140 valence electrons. The number of nitrogens with zero attached hydrogens (tertiary/aromatic N) is 1. The van der Waals surface area contributed by atoms with E-state index in [9.17, 15) is 4.79 Å². The number of carbonyl (C=O) groups excluding carboxylic acids is 1. The monoisotopic (exact) mass is 350 g/mol. The molecule has 1 atom stereocenters. The van der Waals surface area contributed by atoms with Crippen LogP contribution in [0.3, 0.4) is 0 Å². The number of aliphatic imine (C=N–C) groups is 1. The van der Waals surface area contributed by atoms with Gasteiger partial charge >= 0.3 is 0 Å². The lowest BCUT2D eigenvalue weighted by Crippen LogP contribution is -2.40. The van der Waals surface area contributed by atoms with Gasteiger partial charge in [-0.3, -0.25) is 9.79 Å². The molecule has 0 aliphatic carbocycles. The summed E-state index contributed by atoms with van der Waals surface area (Å²) in [6.07, 6.45) is 1.33. The molecule has 0 heterocycles. The van der Waals surface area contributed by atoms with E-state index in [0.29, 0.717) is 37.0 Å². The standard InChI is InChI=1S/C18H30N4O3/c1-6-13(2)22-17(23)9-10-20-18(19-3)21-12-14-7-8-15(24-4)16(11-14)25-5/h7-8,11,13H,6,9-10,12H2,1-5H3,(H,22,23)(H2,19,20,21). The minimum atomic E-state index is 0.0391. The molecule has 7 heteroatoms. The molecular weight excluding hydrogens is 320 g/mol. The van der Waals surface area contributed by atoms with Gasteiger partial charge in [0.05, 0.1) is 14.2 Å². The quantitative estimate of drug-likeness (QED) is 0.466. The molecule has 0 bridgehead atoms. The van der Waals surface area contributed by atoms with Gasteiger partial charge in [-0.25, -0.2) is 0 Å². The highest BCUT2D eigenvalue weighted by Crippen LogP contribution is 2.27. The molecule has 1 amide bonds. The number of amides is 1. The molecule has 0 aliphatic rings. The number of benzene rings is 1. The van der Waals surface area contributed by atoms with E-state index in [4.69, 9.17) is 9.47 Å². The highest BCUT2D eigenvalue weighted by atomic mass is 16.5. The van der Waals surface area contributed by atoms with Crippen molar-refractivity contribution in [1.82, 2.24) is 16.0 Å². The third-order valence-electron chi connectivity index (χ3n) is 3.80. The molecule has 0 aliphatic heterocycles. The summed E-state index contributed by atoms with van der Waals surface area (Å²) in [6.45, 7) is 5.14. The zero-order chi connectivity index (χ0) is 18.7. The smallest absolute Gasteiger partial charge is 0.221 e. The molecule has 3 N–H and O–H groups in total. The Morgan fingerprint density at radius 2 is 1.92 bits per heavy atom. The second-order valence-electron chi connectivity index (χ2n) is 5.67. The summed E-state index contributed by atoms with van der Waals surface area (Å²) in [4.78, 5) is 15.9. The van der Waals surface area contributed by atoms with Crippen LogP contribution in [0.15, 0.2) is 23.2 Å². The number of guanidine groups is 1. The highest BCUT2D eigenvalue weighted by molar-refractivity contribution is 5.81. The van der Waals surface area contributed by atoms with Crippen molar-refractivity contribution >= 4 is 11.9 Å². The lowest BCUT2D eigenvalue weighted by molar-refractivity contribution is -0.121. The Bertz CT molecular complexity index is 575. The zero-order valence-electron chi connectivity index (χ0n) is 15.8. The fraction of sp³-hybridized carbons (Fsp3) is 0.556. The molecule has 1 aromatic carbocycles. The Balaban J connectivity index is 2.43. The van der Waals surface area contributed by atoms with Gasteiger partial charge in [0.1, 0.15) is 0 Å². The van der Waals surface area contributed by atoms with Crippen LogP contribution in [0.1, 0.15) is 32.3 Å². The maximum Gasteiger partial charge on any atom is 0.221 e. The van der Waals surface area contributed by atoms with Gasteiger partial charge in [0.25, 0.3) is 0 Å². The van der Waals surface area contributed by atoms with E-state index in [0.717, 1.165) is 12.0 Å². The Hall–Kier alpha value is -2.44. The Morgan fingerprint density at radius 1 is 1.20 bits per heavy atom. The molecule has 0 fully saturated rings. The molecule has 0 saturated heterocycles. The molecule has 25 heavy (non-hydrogen) atoms. The van der Waals surface area contributed by atoms with Crippen molar-refractivity contribution in [3.63, 3.8) is 0 Å². The van der Waals surface area contributed by atoms with Crippen LogP contribution in [0.25, 0.3) is 0 Å². The summed E-state index contributed by atoms with van der Waals surface area (Å²) in [7, 11) is 4.92. The van der Waals surface area contributed by atoms with Gasteiger partial charge in [-0.1, -0.05) is 13.0 Å². The first-order valence-electron chi connectivity index (χ1n) is 8.48. The summed E-state index contributed by atoms with van der Waals surface area (Å²) >= 11 is 0. The third kappa shape index (κ3) is 7.32. The molecule has 7 nitrogen and oxygen atoms in total. The molecular formula is C18H30N4O3. The molecule has 1 aromatic rings. The molecule has 0 radical (unpaired) electrons. The zero-order valence-corrected chi connectivity index (χ0v) is 15.8. The first kappa shape index (κ1) is 20.6. The minimum absolute atomic E-state index is 0.0391. The number of hydrogen-bond donors (Lipinski definition) is 3. The van der Waals surface area contributed by atoms with E-state index >= 15 is 0 Å². The van der Waals surface area contributed by atoms with Gasteiger partial charge in [0.15, 0.2) is 17.5 Å². The van der Waals surface area contributed by atoms with E-state index < -0.39 is 0 Å². The molecule has 0 saturated carbocycles. The van der Waals surface area contributed by atoms with E-state index in [2.05, 4.69) is 20.9 Å². The van der Waals surface area contributed by atoms with Gasteiger partial charge in [0, 0.05) is 32.6 Å². The summed E-state index contributed by atoms with van der Waals surface area (Å²) in [5.74, 6) is 2.07. The fourth-order valence-corrected chi connectivity index (χ4v) is 2.14. The largest absolute Gasteiger partial charge is 0.493 e. The lowest BCUT2D eigenvalue weighted by Gasteiger charge is -2.14. The SMILES string of the molecule is CCC(C)NC(=O)CCNC(=NC)NCc1ccc(OC)c(OC)c1. The summed E-state index contributed by atoms with van der Waals surface area (Å²) in [5.41, 5.74) is 1.04. The van der Waals surface area contributed by atoms with Gasteiger partial charge < -0.3 is 25.4 Å². The van der Waals surface area contributed by atoms with Gasteiger partial charge in [-0.2, -0.15) is 0 Å². The van der Waals surface area contributed by atoms with E-state index in [-0.39, 0.29) is 11.9 Å². The average Bonchev–Trinajstić information content (AvgIpc) is 2.63. The van der Waals surface area contributed by atoms with Crippen LogP contribution >= 0.6 is 0 Å². The summed E-state index contributed by atoms with van der Waals surface area (Å²) in [5, 5.41) is 9.28. The first-order chi connectivity index (χ1) is 12.0. The van der Waals surface area contributed by atoms with Crippen molar-refractivity contribution in [1.29, 1.82) is 0 Å².